The van der Waals surface area contributed by atoms with Crippen molar-refractivity contribution in [3.8, 4) is 0 Å². The average Bonchev–Trinajstić information content (AvgIpc) is 2.67. The first-order chi connectivity index (χ1) is 12.6. The minimum absolute atomic E-state index is 0.148. The second kappa shape index (κ2) is 8.79. The van der Waals surface area contributed by atoms with Crippen LogP contribution in [0.25, 0.3) is 0 Å². The molecule has 0 aliphatic heterocycles. The van der Waals surface area contributed by atoms with Crippen molar-refractivity contribution >= 4 is 17.4 Å². The molecular formula is C23H22ClNO. The number of hydrogen-bond donors (Lipinski definition) is 0. The van der Waals surface area contributed by atoms with Crippen LogP contribution in [0.15, 0.2) is 84.9 Å². The monoisotopic (exact) mass is 363 g/mol. The van der Waals surface area contributed by atoms with Crippen LogP contribution in [0, 0.1) is 0 Å². The summed E-state index contributed by atoms with van der Waals surface area (Å²) in [5, 5.41) is 0.732. The molecule has 0 saturated carbocycles. The predicted octanol–water partition coefficient (Wildman–Crippen LogP) is 5.44. The lowest BCUT2D eigenvalue weighted by Gasteiger charge is -2.24. The number of Topliss-reactive ketones (excluding diaryl/α,β-unsaturated/α-hetero) is 1. The number of hydrogen-bond acceptors (Lipinski definition) is 2. The lowest BCUT2D eigenvalue weighted by atomic mass is 9.90. The van der Waals surface area contributed by atoms with E-state index in [1.807, 2.05) is 85.9 Å². The number of nitrogens with zero attached hydrogens (tertiary/aromatic N) is 1. The summed E-state index contributed by atoms with van der Waals surface area (Å²) >= 11 is 6.09. The van der Waals surface area contributed by atoms with E-state index >= 15 is 0 Å². The van der Waals surface area contributed by atoms with Crippen molar-refractivity contribution < 1.29 is 4.79 Å². The highest BCUT2D eigenvalue weighted by molar-refractivity contribution is 6.30. The quantitative estimate of drug-likeness (QED) is 0.521. The summed E-state index contributed by atoms with van der Waals surface area (Å²) in [5.74, 6) is -0.0578. The summed E-state index contributed by atoms with van der Waals surface area (Å²) in [4.78, 5) is 15.3. The first-order valence-electron chi connectivity index (χ1n) is 8.70. The van der Waals surface area contributed by atoms with Gasteiger partial charge in [0.2, 0.25) is 0 Å². The molecule has 0 fully saturated rings. The minimum Gasteiger partial charge on any atom is -0.301 e. The van der Waals surface area contributed by atoms with Gasteiger partial charge in [-0.05, 0) is 30.3 Å². The molecule has 0 heterocycles. The molecule has 1 atom stereocenters. The Bertz CT molecular complexity index is 848. The molecule has 0 saturated heterocycles. The Balaban J connectivity index is 1.81. The van der Waals surface area contributed by atoms with E-state index < -0.39 is 0 Å². The number of rotatable bonds is 7. The summed E-state index contributed by atoms with van der Waals surface area (Å²) in [6.07, 6.45) is 0. The molecule has 0 amide bonds. The fraction of sp³-hybridized carbons (Fsp3) is 0.174. The molecule has 26 heavy (non-hydrogen) atoms. The SMILES string of the molecule is CN(Cc1cccc(Cl)c1)CC(C(=O)c1ccccc1)c1ccccc1. The van der Waals surface area contributed by atoms with Gasteiger partial charge >= 0.3 is 0 Å². The molecule has 0 bridgehead atoms. The molecule has 132 valence electrons. The molecule has 3 rings (SSSR count). The van der Waals surface area contributed by atoms with Crippen molar-refractivity contribution in [1.82, 2.24) is 4.90 Å². The number of carbonyl (C=O) groups excluding carboxylic acids is 1. The van der Waals surface area contributed by atoms with E-state index in [4.69, 9.17) is 11.6 Å². The Morgan fingerprint density at radius 1 is 0.923 bits per heavy atom. The van der Waals surface area contributed by atoms with E-state index in [-0.39, 0.29) is 11.7 Å². The van der Waals surface area contributed by atoms with Gasteiger partial charge < -0.3 is 4.90 Å². The van der Waals surface area contributed by atoms with Gasteiger partial charge in [0.25, 0.3) is 0 Å². The zero-order valence-corrected chi connectivity index (χ0v) is 15.6. The summed E-state index contributed by atoms with van der Waals surface area (Å²) in [6.45, 7) is 1.39. The van der Waals surface area contributed by atoms with Gasteiger partial charge in [0, 0.05) is 23.7 Å². The molecule has 2 nitrogen and oxygen atoms in total. The van der Waals surface area contributed by atoms with Crippen molar-refractivity contribution in [2.45, 2.75) is 12.5 Å². The van der Waals surface area contributed by atoms with Gasteiger partial charge in [-0.15, -0.1) is 0 Å². The van der Waals surface area contributed by atoms with E-state index in [2.05, 4.69) is 11.0 Å². The van der Waals surface area contributed by atoms with Crippen molar-refractivity contribution in [3.05, 3.63) is 107 Å². The minimum atomic E-state index is -0.206. The van der Waals surface area contributed by atoms with Crippen LogP contribution in [0.1, 0.15) is 27.4 Å². The number of halogens is 1. The first kappa shape index (κ1) is 18.4. The largest absolute Gasteiger partial charge is 0.301 e. The van der Waals surface area contributed by atoms with Crippen LogP contribution in [0.5, 0.6) is 0 Å². The third-order valence-corrected chi connectivity index (χ3v) is 4.65. The Labute approximate surface area is 160 Å². The smallest absolute Gasteiger partial charge is 0.171 e. The van der Waals surface area contributed by atoms with Crippen molar-refractivity contribution in [2.24, 2.45) is 0 Å². The number of ketones is 1. The normalized spacial score (nSPS) is 12.1. The first-order valence-corrected chi connectivity index (χ1v) is 9.08. The highest BCUT2D eigenvalue weighted by atomic mass is 35.5. The topological polar surface area (TPSA) is 20.3 Å². The fourth-order valence-electron chi connectivity index (χ4n) is 3.15. The molecule has 3 aromatic carbocycles. The van der Waals surface area contributed by atoms with Gasteiger partial charge in [0.05, 0.1) is 5.92 Å². The highest BCUT2D eigenvalue weighted by Gasteiger charge is 2.23. The third kappa shape index (κ3) is 4.81. The summed E-state index contributed by atoms with van der Waals surface area (Å²) < 4.78 is 0. The second-order valence-corrected chi connectivity index (χ2v) is 6.96. The van der Waals surface area contributed by atoms with Crippen LogP contribution in [-0.4, -0.2) is 24.3 Å². The van der Waals surface area contributed by atoms with Gasteiger partial charge in [-0.1, -0.05) is 84.4 Å². The highest BCUT2D eigenvalue weighted by Crippen LogP contribution is 2.23. The number of carbonyl (C=O) groups is 1. The van der Waals surface area contributed by atoms with Crippen molar-refractivity contribution in [3.63, 3.8) is 0 Å². The molecule has 0 spiro atoms. The van der Waals surface area contributed by atoms with E-state index in [1.165, 1.54) is 0 Å². The number of benzene rings is 3. The Kier molecular flexibility index (Phi) is 6.21. The Morgan fingerprint density at radius 3 is 2.23 bits per heavy atom. The predicted molar refractivity (Wildman–Crippen MR) is 108 cm³/mol. The number of likely N-dealkylation sites (N-methyl/N-ethyl adjacent to an activating group) is 1. The van der Waals surface area contributed by atoms with Gasteiger partial charge in [0.15, 0.2) is 5.78 Å². The van der Waals surface area contributed by atoms with Gasteiger partial charge in [-0.25, -0.2) is 0 Å². The zero-order valence-electron chi connectivity index (χ0n) is 14.8. The maximum absolute atomic E-state index is 13.1. The van der Waals surface area contributed by atoms with E-state index in [0.29, 0.717) is 6.54 Å². The maximum Gasteiger partial charge on any atom is 0.171 e. The summed E-state index contributed by atoms with van der Waals surface area (Å²) in [7, 11) is 2.04. The Morgan fingerprint density at radius 2 is 1.58 bits per heavy atom. The summed E-state index contributed by atoms with van der Waals surface area (Å²) in [6, 6.07) is 27.4. The van der Waals surface area contributed by atoms with Crippen LogP contribution in [-0.2, 0) is 6.54 Å². The van der Waals surface area contributed by atoms with Crippen molar-refractivity contribution in [2.75, 3.05) is 13.6 Å². The second-order valence-electron chi connectivity index (χ2n) is 6.52. The van der Waals surface area contributed by atoms with Crippen LogP contribution < -0.4 is 0 Å². The molecule has 0 radical (unpaired) electrons. The molecule has 0 N–H and O–H groups in total. The molecular weight excluding hydrogens is 342 g/mol. The van der Waals surface area contributed by atoms with E-state index in [9.17, 15) is 4.79 Å². The summed E-state index contributed by atoms with van der Waals surface area (Å²) in [5.41, 5.74) is 2.93. The standard InChI is InChI=1S/C23H22ClNO/c1-25(16-18-9-8-14-21(24)15-18)17-22(19-10-4-2-5-11-19)23(26)20-12-6-3-7-13-20/h2-15,22H,16-17H2,1H3. The van der Waals surface area contributed by atoms with Crippen LogP contribution in [0.3, 0.4) is 0 Å². The molecule has 0 aromatic heterocycles. The van der Waals surface area contributed by atoms with Crippen molar-refractivity contribution in [1.29, 1.82) is 0 Å². The molecule has 3 aromatic rings. The molecule has 1 unspecified atom stereocenters. The maximum atomic E-state index is 13.1. The van der Waals surface area contributed by atoms with Crippen LogP contribution in [0.4, 0.5) is 0 Å². The average molecular weight is 364 g/mol. The van der Waals surface area contributed by atoms with Gasteiger partial charge in [0.1, 0.15) is 0 Å². The molecule has 3 heteroatoms. The lowest BCUT2D eigenvalue weighted by Crippen LogP contribution is -2.29. The Hall–Kier alpha value is -2.42. The van der Waals surface area contributed by atoms with Gasteiger partial charge in [-0.2, -0.15) is 0 Å². The van der Waals surface area contributed by atoms with Crippen LogP contribution >= 0.6 is 11.6 Å². The lowest BCUT2D eigenvalue weighted by molar-refractivity contribution is 0.0938. The van der Waals surface area contributed by atoms with E-state index in [0.717, 1.165) is 28.3 Å². The van der Waals surface area contributed by atoms with Crippen LogP contribution in [0.2, 0.25) is 5.02 Å². The van der Waals surface area contributed by atoms with Gasteiger partial charge in [-0.3, -0.25) is 4.79 Å². The van der Waals surface area contributed by atoms with E-state index in [1.54, 1.807) is 0 Å². The third-order valence-electron chi connectivity index (χ3n) is 4.41. The fourth-order valence-corrected chi connectivity index (χ4v) is 3.36. The zero-order chi connectivity index (χ0) is 18.4. The molecule has 0 aliphatic carbocycles. The molecule has 0 aliphatic rings.